The zero-order chi connectivity index (χ0) is 15.5. The van der Waals surface area contributed by atoms with Gasteiger partial charge in [0.2, 0.25) is 0 Å². The molecule has 1 aliphatic rings. The summed E-state index contributed by atoms with van der Waals surface area (Å²) >= 11 is 0. The third kappa shape index (κ3) is 3.89. The molecule has 9 heteroatoms. The smallest absolute Gasteiger partial charge is 0.348 e. The number of rotatable bonds is 2. The van der Waals surface area contributed by atoms with E-state index in [0.717, 1.165) is 4.90 Å². The lowest BCUT2D eigenvalue weighted by atomic mass is 10.0. The number of carbonyl (C=O) groups is 2. The van der Waals surface area contributed by atoms with Crippen LogP contribution >= 0.6 is 0 Å². The maximum atomic E-state index is 12.3. The molecule has 0 atom stereocenters. The third-order valence-electron chi connectivity index (χ3n) is 3.16. The Morgan fingerprint density at radius 2 is 1.90 bits per heavy atom. The molecule has 0 radical (unpaired) electrons. The first-order valence-corrected chi connectivity index (χ1v) is 6.31. The number of halogens is 3. The van der Waals surface area contributed by atoms with Crippen molar-refractivity contribution in [3.8, 4) is 0 Å². The summed E-state index contributed by atoms with van der Waals surface area (Å²) in [6, 6.07) is -0.281. The predicted molar refractivity (Wildman–Crippen MR) is 65.2 cm³/mol. The molecule has 1 saturated heterocycles. The Morgan fingerprint density at radius 1 is 1.24 bits per heavy atom. The molecule has 1 fully saturated rings. The van der Waals surface area contributed by atoms with Crippen LogP contribution in [0.5, 0.6) is 0 Å². The maximum absolute atomic E-state index is 12.3. The summed E-state index contributed by atoms with van der Waals surface area (Å²) in [6.45, 7) is -0.0759. The predicted octanol–water partition coefficient (Wildman–Crippen LogP) is 0.760. The first-order valence-electron chi connectivity index (χ1n) is 6.31. The number of amides is 2. The largest absolute Gasteiger partial charge is 0.471 e. The number of nitrogens with zero attached hydrogens (tertiary/aromatic N) is 3. The van der Waals surface area contributed by atoms with Gasteiger partial charge in [0.1, 0.15) is 5.69 Å². The molecule has 1 aromatic rings. The lowest BCUT2D eigenvalue weighted by molar-refractivity contribution is -0.186. The maximum Gasteiger partial charge on any atom is 0.471 e. The van der Waals surface area contributed by atoms with Crippen molar-refractivity contribution in [1.29, 1.82) is 0 Å². The van der Waals surface area contributed by atoms with E-state index in [4.69, 9.17) is 0 Å². The van der Waals surface area contributed by atoms with Crippen LogP contribution in [0, 0.1) is 0 Å². The third-order valence-corrected chi connectivity index (χ3v) is 3.16. The van der Waals surface area contributed by atoms with Crippen LogP contribution in [0.4, 0.5) is 13.2 Å². The van der Waals surface area contributed by atoms with Crippen LogP contribution in [0.1, 0.15) is 23.3 Å². The van der Waals surface area contributed by atoms with Gasteiger partial charge >= 0.3 is 12.1 Å². The van der Waals surface area contributed by atoms with Crippen molar-refractivity contribution in [1.82, 2.24) is 20.2 Å². The summed E-state index contributed by atoms with van der Waals surface area (Å²) in [5.74, 6) is -2.26. The van der Waals surface area contributed by atoms with Crippen LogP contribution < -0.4 is 5.32 Å². The Morgan fingerprint density at radius 3 is 2.43 bits per heavy atom. The van der Waals surface area contributed by atoms with Crippen LogP contribution in [-0.4, -0.2) is 52.0 Å². The molecular weight excluding hydrogens is 289 g/mol. The van der Waals surface area contributed by atoms with Crippen molar-refractivity contribution in [2.75, 3.05) is 13.1 Å². The van der Waals surface area contributed by atoms with Crippen molar-refractivity contribution in [2.45, 2.75) is 25.1 Å². The van der Waals surface area contributed by atoms with Gasteiger partial charge < -0.3 is 10.2 Å². The van der Waals surface area contributed by atoms with Gasteiger partial charge in [-0.05, 0) is 12.8 Å². The van der Waals surface area contributed by atoms with E-state index in [1.54, 1.807) is 0 Å². The second-order valence-electron chi connectivity index (χ2n) is 4.63. The molecule has 6 nitrogen and oxygen atoms in total. The number of hydrogen-bond donors (Lipinski definition) is 1. The van der Waals surface area contributed by atoms with Crippen LogP contribution in [-0.2, 0) is 4.79 Å². The van der Waals surface area contributed by atoms with Gasteiger partial charge in [0.25, 0.3) is 5.91 Å². The van der Waals surface area contributed by atoms with Crippen molar-refractivity contribution in [2.24, 2.45) is 0 Å². The molecule has 1 N–H and O–H groups in total. The fourth-order valence-electron chi connectivity index (χ4n) is 2.08. The second-order valence-corrected chi connectivity index (χ2v) is 4.63. The number of nitrogens with one attached hydrogen (secondary N) is 1. The normalized spacial score (nSPS) is 16.6. The minimum Gasteiger partial charge on any atom is -0.348 e. The number of likely N-dealkylation sites (tertiary alicyclic amines) is 1. The summed E-state index contributed by atoms with van der Waals surface area (Å²) in [7, 11) is 0. The van der Waals surface area contributed by atoms with Gasteiger partial charge in [0, 0.05) is 31.5 Å². The molecular formula is C12H13F3N4O2. The van der Waals surface area contributed by atoms with Crippen molar-refractivity contribution >= 4 is 11.8 Å². The molecule has 1 aliphatic heterocycles. The Labute approximate surface area is 118 Å². The van der Waals surface area contributed by atoms with E-state index in [2.05, 4.69) is 15.3 Å². The van der Waals surface area contributed by atoms with Gasteiger partial charge in [0.15, 0.2) is 0 Å². The highest BCUT2D eigenvalue weighted by molar-refractivity contribution is 5.92. The standard InChI is InChI=1S/C12H13F3N4O2/c13-12(14,15)11(21)19-5-1-8(2-6-19)18-10(20)9-7-16-3-4-17-9/h3-4,7-8H,1-2,5-6H2,(H,18,20). The molecule has 2 heterocycles. The fourth-order valence-corrected chi connectivity index (χ4v) is 2.08. The summed E-state index contributed by atoms with van der Waals surface area (Å²) in [6.07, 6.45) is -0.202. The summed E-state index contributed by atoms with van der Waals surface area (Å²) in [5, 5.41) is 2.67. The van der Waals surface area contributed by atoms with Gasteiger partial charge in [-0.2, -0.15) is 13.2 Å². The highest BCUT2D eigenvalue weighted by Gasteiger charge is 2.43. The monoisotopic (exact) mass is 302 g/mol. The molecule has 21 heavy (non-hydrogen) atoms. The van der Waals surface area contributed by atoms with Crippen molar-refractivity contribution in [3.05, 3.63) is 24.3 Å². The van der Waals surface area contributed by atoms with E-state index in [9.17, 15) is 22.8 Å². The summed E-state index contributed by atoms with van der Waals surface area (Å²) in [4.78, 5) is 31.2. The van der Waals surface area contributed by atoms with E-state index in [0.29, 0.717) is 0 Å². The molecule has 2 rings (SSSR count). The molecule has 0 spiro atoms. The van der Waals surface area contributed by atoms with Crippen molar-refractivity contribution in [3.63, 3.8) is 0 Å². The quantitative estimate of drug-likeness (QED) is 0.875. The summed E-state index contributed by atoms with van der Waals surface area (Å²) < 4.78 is 36.9. The number of aromatic nitrogens is 2. The molecule has 2 amide bonds. The van der Waals surface area contributed by atoms with E-state index in [1.165, 1.54) is 18.6 Å². The summed E-state index contributed by atoms with van der Waals surface area (Å²) in [5.41, 5.74) is 0.145. The molecule has 0 aliphatic carbocycles. The Balaban J connectivity index is 1.85. The van der Waals surface area contributed by atoms with Crippen LogP contribution in [0.3, 0.4) is 0 Å². The lowest BCUT2D eigenvalue weighted by Gasteiger charge is -2.32. The Bertz CT molecular complexity index is 513. The Kier molecular flexibility index (Phi) is 4.39. The highest BCUT2D eigenvalue weighted by atomic mass is 19.4. The first kappa shape index (κ1) is 15.2. The van der Waals surface area contributed by atoms with Crippen LogP contribution in [0.2, 0.25) is 0 Å². The van der Waals surface area contributed by atoms with E-state index < -0.39 is 18.0 Å². The molecule has 0 aromatic carbocycles. The van der Waals surface area contributed by atoms with E-state index >= 15 is 0 Å². The van der Waals surface area contributed by atoms with Gasteiger partial charge in [-0.1, -0.05) is 0 Å². The highest BCUT2D eigenvalue weighted by Crippen LogP contribution is 2.21. The minimum absolute atomic E-state index is 0.0379. The average Bonchev–Trinajstić information content (AvgIpc) is 2.47. The fraction of sp³-hybridized carbons (Fsp3) is 0.500. The lowest BCUT2D eigenvalue weighted by Crippen LogP contribution is -2.50. The zero-order valence-corrected chi connectivity index (χ0v) is 10.9. The number of alkyl halides is 3. The van der Waals surface area contributed by atoms with Crippen LogP contribution in [0.15, 0.2) is 18.6 Å². The number of hydrogen-bond acceptors (Lipinski definition) is 4. The number of carbonyl (C=O) groups excluding carboxylic acids is 2. The molecule has 114 valence electrons. The molecule has 0 bridgehead atoms. The number of piperidine rings is 1. The Hall–Kier alpha value is -2.19. The SMILES string of the molecule is O=C(NC1CCN(C(=O)C(F)(F)F)CC1)c1cnccn1. The van der Waals surface area contributed by atoms with E-state index in [-0.39, 0.29) is 37.7 Å². The van der Waals surface area contributed by atoms with Gasteiger partial charge in [-0.15, -0.1) is 0 Å². The van der Waals surface area contributed by atoms with Crippen LogP contribution in [0.25, 0.3) is 0 Å². The van der Waals surface area contributed by atoms with Gasteiger partial charge in [-0.3, -0.25) is 14.6 Å². The van der Waals surface area contributed by atoms with Gasteiger partial charge in [0.05, 0.1) is 6.20 Å². The topological polar surface area (TPSA) is 75.2 Å². The molecule has 0 saturated carbocycles. The van der Waals surface area contributed by atoms with Gasteiger partial charge in [-0.25, -0.2) is 4.98 Å². The van der Waals surface area contributed by atoms with E-state index in [1.807, 2.05) is 0 Å². The molecule has 1 aromatic heterocycles. The van der Waals surface area contributed by atoms with Crippen molar-refractivity contribution < 1.29 is 22.8 Å². The molecule has 0 unspecified atom stereocenters. The first-order chi connectivity index (χ1) is 9.88. The second kappa shape index (κ2) is 6.06. The zero-order valence-electron chi connectivity index (χ0n) is 10.9. The minimum atomic E-state index is -4.85. The average molecular weight is 302 g/mol.